The third kappa shape index (κ3) is 11.8. The summed E-state index contributed by atoms with van der Waals surface area (Å²) in [4.78, 5) is 7.55. The summed E-state index contributed by atoms with van der Waals surface area (Å²) in [5.74, 6) is 4.59. The highest BCUT2D eigenvalue weighted by atomic mass is 32.2. The molecule has 8 nitrogen and oxygen atoms in total. The molecule has 1 N–H and O–H groups in total. The molecule has 0 radical (unpaired) electrons. The first-order valence-electron chi connectivity index (χ1n) is 21.0. The van der Waals surface area contributed by atoms with Crippen LogP contribution in [0.3, 0.4) is 0 Å². The molecule has 2 aromatic rings. The van der Waals surface area contributed by atoms with Gasteiger partial charge in [-0.3, -0.25) is 0 Å². The Kier molecular flexibility index (Phi) is 16.1. The Bertz CT molecular complexity index is 1300. The molecule has 7 rings (SSSR count). The summed E-state index contributed by atoms with van der Waals surface area (Å²) in [5.41, 5.74) is 3.28. The van der Waals surface area contributed by atoms with Crippen LogP contribution in [0.1, 0.15) is 82.3 Å². The van der Waals surface area contributed by atoms with Crippen LogP contribution in [0.25, 0.3) is 0 Å². The molecule has 4 aliphatic heterocycles. The quantitative estimate of drug-likeness (QED) is 0.197. The van der Waals surface area contributed by atoms with Gasteiger partial charge in [0.25, 0.3) is 0 Å². The monoisotopic (exact) mass is 751 g/mol. The summed E-state index contributed by atoms with van der Waals surface area (Å²) in [6.45, 7) is 15.6. The largest absolute Gasteiger partial charge is 0.494 e. The molecule has 5 fully saturated rings. The number of ether oxygens (including phenoxy) is 4. The SMILES string of the molecule is CCNCC1(c2ccc(OCCCN3CCSCC3)cc2)CCOCC1.CN(C)CC1(c2ccc(OC3CCN(C4CCC4)CC3)cc2)CCOCC1. The molecule has 1 aliphatic carbocycles. The third-order valence-corrected chi connectivity index (χ3v) is 13.5. The van der Waals surface area contributed by atoms with Gasteiger partial charge in [0.1, 0.15) is 17.6 Å². The summed E-state index contributed by atoms with van der Waals surface area (Å²) >= 11 is 2.07. The molecule has 0 bridgehead atoms. The molecule has 0 aromatic heterocycles. The molecule has 9 heteroatoms. The smallest absolute Gasteiger partial charge is 0.119 e. The fourth-order valence-electron chi connectivity index (χ4n) is 9.00. The van der Waals surface area contributed by atoms with E-state index in [2.05, 4.69) is 101 Å². The summed E-state index contributed by atoms with van der Waals surface area (Å²) in [5, 5.41) is 3.55. The van der Waals surface area contributed by atoms with Crippen LogP contribution in [0.5, 0.6) is 11.5 Å². The first kappa shape index (κ1) is 40.8. The van der Waals surface area contributed by atoms with Crippen molar-refractivity contribution in [3.8, 4) is 11.5 Å². The van der Waals surface area contributed by atoms with Crippen LogP contribution in [-0.2, 0) is 20.3 Å². The minimum absolute atomic E-state index is 0.207. The highest BCUT2D eigenvalue weighted by Gasteiger charge is 2.36. The van der Waals surface area contributed by atoms with Gasteiger partial charge in [0, 0.05) is 101 Å². The number of hydrogen-bond donors (Lipinski definition) is 1. The fraction of sp³-hybridized carbons (Fsp3) is 0.727. The van der Waals surface area contributed by atoms with E-state index in [1.165, 1.54) is 80.9 Å². The van der Waals surface area contributed by atoms with Crippen molar-refractivity contribution in [2.24, 2.45) is 0 Å². The Balaban J connectivity index is 0.000000182. The molecule has 4 heterocycles. The second kappa shape index (κ2) is 20.9. The molecule has 0 atom stereocenters. The number of likely N-dealkylation sites (N-methyl/N-ethyl adjacent to an activating group) is 2. The van der Waals surface area contributed by atoms with E-state index >= 15 is 0 Å². The number of nitrogens with zero attached hydrogens (tertiary/aromatic N) is 3. The number of piperidine rings is 1. The maximum atomic E-state index is 6.33. The van der Waals surface area contributed by atoms with Gasteiger partial charge in [-0.2, -0.15) is 11.8 Å². The van der Waals surface area contributed by atoms with Gasteiger partial charge in [0.2, 0.25) is 0 Å². The zero-order chi connectivity index (χ0) is 36.8. The predicted molar refractivity (Wildman–Crippen MR) is 220 cm³/mol. The average Bonchev–Trinajstić information content (AvgIpc) is 3.17. The average molecular weight is 751 g/mol. The van der Waals surface area contributed by atoms with Gasteiger partial charge in [-0.15, -0.1) is 0 Å². The van der Waals surface area contributed by atoms with Crippen LogP contribution < -0.4 is 14.8 Å². The standard InChI is InChI=1S/C23H36N2O2.C21H34N2O2S/c1-24(2)18-23(12-16-26-17-13-23)19-6-8-21(9-7-19)27-22-10-14-25(15-11-22)20-4-3-5-20;1-2-22-18-21(8-14-24-15-9-21)19-4-6-20(7-5-19)25-13-3-10-23-11-16-26-17-12-23/h6-9,20,22H,3-5,10-18H2,1-2H3;4-7,22H,2-3,8-18H2,1H3. The number of rotatable bonds is 15. The van der Waals surface area contributed by atoms with E-state index in [9.17, 15) is 0 Å². The minimum atomic E-state index is 0.207. The maximum absolute atomic E-state index is 6.33. The summed E-state index contributed by atoms with van der Waals surface area (Å²) in [6, 6.07) is 18.7. The lowest BCUT2D eigenvalue weighted by Gasteiger charge is -2.41. The van der Waals surface area contributed by atoms with Gasteiger partial charge in [0.15, 0.2) is 0 Å². The molecule has 296 valence electrons. The number of hydrogen-bond acceptors (Lipinski definition) is 9. The zero-order valence-electron chi connectivity index (χ0n) is 33.3. The van der Waals surface area contributed by atoms with Crippen LogP contribution in [0, 0.1) is 0 Å². The van der Waals surface area contributed by atoms with Crippen LogP contribution in [0.15, 0.2) is 48.5 Å². The minimum Gasteiger partial charge on any atom is -0.494 e. The molecule has 4 saturated heterocycles. The molecule has 0 amide bonds. The molecule has 1 saturated carbocycles. The number of thioether (sulfide) groups is 1. The van der Waals surface area contributed by atoms with E-state index < -0.39 is 0 Å². The number of nitrogens with one attached hydrogen (secondary N) is 1. The van der Waals surface area contributed by atoms with Crippen molar-refractivity contribution in [3.05, 3.63) is 59.7 Å². The molecule has 53 heavy (non-hydrogen) atoms. The Morgan fingerprint density at radius 1 is 0.774 bits per heavy atom. The summed E-state index contributed by atoms with van der Waals surface area (Å²) in [6.07, 6.45) is 12.5. The van der Waals surface area contributed by atoms with Crippen molar-refractivity contribution in [3.63, 3.8) is 0 Å². The molecule has 0 unspecified atom stereocenters. The predicted octanol–water partition coefficient (Wildman–Crippen LogP) is 6.85. The second-order valence-electron chi connectivity index (χ2n) is 16.4. The Hall–Kier alpha value is -1.85. The van der Waals surface area contributed by atoms with Crippen LogP contribution in [0.4, 0.5) is 0 Å². The normalized spacial score (nSPS) is 22.8. The lowest BCUT2D eigenvalue weighted by Crippen LogP contribution is -2.46. The Morgan fingerprint density at radius 3 is 1.92 bits per heavy atom. The topological polar surface area (TPSA) is 58.7 Å². The molecular formula is C44H70N4O4S. The molecule has 5 aliphatic rings. The summed E-state index contributed by atoms with van der Waals surface area (Å²) < 4.78 is 23.6. The Labute approximate surface area is 326 Å². The second-order valence-corrected chi connectivity index (χ2v) is 17.7. The van der Waals surface area contributed by atoms with Crippen molar-refractivity contribution < 1.29 is 18.9 Å². The zero-order valence-corrected chi connectivity index (χ0v) is 34.2. The molecular weight excluding hydrogens is 681 g/mol. The van der Waals surface area contributed by atoms with E-state index in [0.29, 0.717) is 6.10 Å². The van der Waals surface area contributed by atoms with Crippen LogP contribution in [-0.4, -0.2) is 138 Å². The van der Waals surface area contributed by atoms with E-state index in [-0.39, 0.29) is 10.8 Å². The maximum Gasteiger partial charge on any atom is 0.119 e. The van der Waals surface area contributed by atoms with E-state index in [1.807, 2.05) is 0 Å². The van der Waals surface area contributed by atoms with E-state index in [0.717, 1.165) is 109 Å². The van der Waals surface area contributed by atoms with Gasteiger partial charge in [0.05, 0.1) is 6.61 Å². The van der Waals surface area contributed by atoms with Crippen molar-refractivity contribution in [1.82, 2.24) is 20.0 Å². The third-order valence-electron chi connectivity index (χ3n) is 12.5. The van der Waals surface area contributed by atoms with Crippen molar-refractivity contribution in [2.75, 3.05) is 111 Å². The van der Waals surface area contributed by atoms with Gasteiger partial charge < -0.3 is 39.0 Å². The van der Waals surface area contributed by atoms with Crippen LogP contribution >= 0.6 is 11.8 Å². The fourth-order valence-corrected chi connectivity index (χ4v) is 9.98. The Morgan fingerprint density at radius 2 is 1.36 bits per heavy atom. The number of likely N-dealkylation sites (tertiary alicyclic amines) is 1. The number of benzene rings is 2. The first-order chi connectivity index (χ1) is 26.0. The van der Waals surface area contributed by atoms with Gasteiger partial charge in [-0.1, -0.05) is 37.6 Å². The highest BCUT2D eigenvalue weighted by molar-refractivity contribution is 7.99. The lowest BCUT2D eigenvalue weighted by molar-refractivity contribution is 0.0400. The van der Waals surface area contributed by atoms with Crippen molar-refractivity contribution >= 4 is 11.8 Å². The van der Waals surface area contributed by atoms with Crippen LogP contribution in [0.2, 0.25) is 0 Å². The van der Waals surface area contributed by atoms with E-state index in [4.69, 9.17) is 18.9 Å². The van der Waals surface area contributed by atoms with E-state index in [1.54, 1.807) is 0 Å². The van der Waals surface area contributed by atoms with Gasteiger partial charge >= 0.3 is 0 Å². The first-order valence-corrected chi connectivity index (χ1v) is 22.2. The van der Waals surface area contributed by atoms with Crippen molar-refractivity contribution in [1.29, 1.82) is 0 Å². The molecule has 0 spiro atoms. The van der Waals surface area contributed by atoms with Gasteiger partial charge in [-0.05, 0) is 114 Å². The van der Waals surface area contributed by atoms with Gasteiger partial charge in [-0.25, -0.2) is 0 Å². The highest BCUT2D eigenvalue weighted by Crippen LogP contribution is 2.37. The van der Waals surface area contributed by atoms with Crippen molar-refractivity contribution in [2.45, 2.75) is 94.1 Å². The lowest BCUT2D eigenvalue weighted by atomic mass is 9.74. The molecule has 2 aromatic carbocycles. The summed E-state index contributed by atoms with van der Waals surface area (Å²) in [7, 11) is 4.34.